The molecule has 2 aromatic rings. The average molecular weight is 336 g/mol. The molecule has 1 aromatic carbocycles. The Balaban J connectivity index is 2.10. The fourth-order valence-corrected chi connectivity index (χ4v) is 3.17. The molecular formula is C15H14ClN3O2S. The van der Waals surface area contributed by atoms with E-state index < -0.39 is 0 Å². The summed E-state index contributed by atoms with van der Waals surface area (Å²) < 4.78 is 1.46. The van der Waals surface area contributed by atoms with Crippen LogP contribution in [0.15, 0.2) is 29.1 Å². The van der Waals surface area contributed by atoms with Crippen LogP contribution in [0.1, 0.15) is 27.3 Å². The number of benzene rings is 1. The molecule has 0 fully saturated rings. The molecule has 7 heteroatoms. The molecule has 0 saturated heterocycles. The summed E-state index contributed by atoms with van der Waals surface area (Å²) in [4.78, 5) is 24.2. The topological polar surface area (TPSA) is 74.9 Å². The Labute approximate surface area is 136 Å². The number of nitrogens with zero attached hydrogens (tertiary/aromatic N) is 2. The van der Waals surface area contributed by atoms with Gasteiger partial charge in [0.1, 0.15) is 4.88 Å². The first kappa shape index (κ1) is 16.3. The normalized spacial score (nSPS) is 10.2. The molecular weight excluding hydrogens is 322 g/mol. The lowest BCUT2D eigenvalue weighted by Gasteiger charge is -2.06. The SMILES string of the molecule is Cc1c(C(=O)NCc2cccc(Cl)c2)sc(=O)n1CCC#N. The van der Waals surface area contributed by atoms with Gasteiger partial charge >= 0.3 is 4.87 Å². The van der Waals surface area contributed by atoms with Crippen LogP contribution in [0.2, 0.25) is 5.02 Å². The molecule has 1 N–H and O–H groups in total. The number of hydrogen-bond acceptors (Lipinski definition) is 4. The molecule has 0 aliphatic carbocycles. The van der Waals surface area contributed by atoms with Crippen molar-refractivity contribution >= 4 is 28.8 Å². The molecule has 0 saturated carbocycles. The van der Waals surface area contributed by atoms with Crippen LogP contribution in [0, 0.1) is 18.3 Å². The second-order valence-corrected chi connectivity index (χ2v) is 6.05. The predicted molar refractivity (Wildman–Crippen MR) is 86.2 cm³/mol. The zero-order chi connectivity index (χ0) is 16.1. The quantitative estimate of drug-likeness (QED) is 0.912. The van der Waals surface area contributed by atoms with Crippen molar-refractivity contribution in [2.45, 2.75) is 26.4 Å². The maximum absolute atomic E-state index is 12.2. The molecule has 0 aliphatic rings. The Kier molecular flexibility index (Phi) is 5.36. The third-order valence-electron chi connectivity index (χ3n) is 3.14. The van der Waals surface area contributed by atoms with Crippen molar-refractivity contribution in [2.75, 3.05) is 0 Å². The molecule has 0 atom stereocenters. The molecule has 22 heavy (non-hydrogen) atoms. The highest BCUT2D eigenvalue weighted by Gasteiger charge is 2.17. The number of rotatable bonds is 5. The molecule has 114 valence electrons. The van der Waals surface area contributed by atoms with Gasteiger partial charge in [-0.25, -0.2) is 0 Å². The standard InChI is InChI=1S/C15H14ClN3O2S/c1-10-13(22-15(21)19(10)7-3-6-17)14(20)18-9-11-4-2-5-12(16)8-11/h2,4-5,8H,3,7,9H2,1H3,(H,18,20). The van der Waals surface area contributed by atoms with Gasteiger partial charge in [-0.2, -0.15) is 5.26 Å². The number of aromatic nitrogens is 1. The molecule has 1 heterocycles. The van der Waals surface area contributed by atoms with Crippen LogP contribution in [0.25, 0.3) is 0 Å². The van der Waals surface area contributed by atoms with Gasteiger partial charge in [-0.3, -0.25) is 9.59 Å². The van der Waals surface area contributed by atoms with Gasteiger partial charge < -0.3 is 9.88 Å². The lowest BCUT2D eigenvalue weighted by molar-refractivity contribution is 0.0954. The second kappa shape index (κ2) is 7.25. The molecule has 0 unspecified atom stereocenters. The van der Waals surface area contributed by atoms with E-state index in [0.717, 1.165) is 16.9 Å². The summed E-state index contributed by atoms with van der Waals surface area (Å²) in [5, 5.41) is 12.0. The van der Waals surface area contributed by atoms with Gasteiger partial charge in [0.25, 0.3) is 5.91 Å². The minimum absolute atomic E-state index is 0.222. The number of nitrogens with one attached hydrogen (secondary N) is 1. The molecule has 2 rings (SSSR count). The lowest BCUT2D eigenvalue weighted by Crippen LogP contribution is -2.23. The Hall–Kier alpha value is -2.10. The number of halogens is 1. The summed E-state index contributed by atoms with van der Waals surface area (Å²) in [5.74, 6) is -0.296. The summed E-state index contributed by atoms with van der Waals surface area (Å²) in [6.45, 7) is 2.35. The summed E-state index contributed by atoms with van der Waals surface area (Å²) >= 11 is 6.79. The van der Waals surface area contributed by atoms with Crippen LogP contribution in [0.3, 0.4) is 0 Å². The summed E-state index contributed by atoms with van der Waals surface area (Å²) in [6, 6.07) is 9.20. The third kappa shape index (κ3) is 3.75. The van der Waals surface area contributed by atoms with Crippen molar-refractivity contribution in [2.24, 2.45) is 0 Å². The maximum atomic E-state index is 12.2. The Morgan fingerprint density at radius 2 is 2.27 bits per heavy atom. The highest BCUT2D eigenvalue weighted by molar-refractivity contribution is 7.11. The van der Waals surface area contributed by atoms with Gasteiger partial charge in [0.05, 0.1) is 12.5 Å². The second-order valence-electron chi connectivity index (χ2n) is 4.65. The molecule has 0 aliphatic heterocycles. The summed E-state index contributed by atoms with van der Waals surface area (Å²) in [6.07, 6.45) is 0.237. The Morgan fingerprint density at radius 3 is 2.95 bits per heavy atom. The smallest absolute Gasteiger partial charge is 0.308 e. The van der Waals surface area contributed by atoms with E-state index in [0.29, 0.717) is 28.7 Å². The zero-order valence-corrected chi connectivity index (χ0v) is 13.5. The van der Waals surface area contributed by atoms with Gasteiger partial charge in [0, 0.05) is 23.8 Å². The first-order valence-electron chi connectivity index (χ1n) is 6.62. The van der Waals surface area contributed by atoms with Crippen LogP contribution >= 0.6 is 22.9 Å². The fraction of sp³-hybridized carbons (Fsp3) is 0.267. The van der Waals surface area contributed by atoms with Crippen LogP contribution in [0.4, 0.5) is 0 Å². The Morgan fingerprint density at radius 1 is 1.50 bits per heavy atom. The highest BCUT2D eigenvalue weighted by Crippen LogP contribution is 2.14. The lowest BCUT2D eigenvalue weighted by atomic mass is 10.2. The van der Waals surface area contributed by atoms with Gasteiger partial charge in [0.2, 0.25) is 0 Å². The number of carbonyl (C=O) groups excluding carboxylic acids is 1. The van der Waals surface area contributed by atoms with Crippen molar-refractivity contribution in [3.8, 4) is 6.07 Å². The zero-order valence-electron chi connectivity index (χ0n) is 11.9. The monoisotopic (exact) mass is 335 g/mol. The molecule has 0 spiro atoms. The number of thiazole rings is 1. The van der Waals surface area contributed by atoms with Crippen molar-refractivity contribution in [3.63, 3.8) is 0 Å². The van der Waals surface area contributed by atoms with E-state index in [1.165, 1.54) is 4.57 Å². The van der Waals surface area contributed by atoms with Gasteiger partial charge in [-0.05, 0) is 24.6 Å². The first-order valence-corrected chi connectivity index (χ1v) is 7.82. The number of hydrogen-bond donors (Lipinski definition) is 1. The summed E-state index contributed by atoms with van der Waals surface area (Å²) in [5.41, 5.74) is 1.48. The average Bonchev–Trinajstić information content (AvgIpc) is 2.78. The number of amides is 1. The largest absolute Gasteiger partial charge is 0.347 e. The van der Waals surface area contributed by atoms with Gasteiger partial charge in [-0.15, -0.1) is 0 Å². The summed E-state index contributed by atoms with van der Waals surface area (Å²) in [7, 11) is 0. The van der Waals surface area contributed by atoms with E-state index in [-0.39, 0.29) is 17.2 Å². The van der Waals surface area contributed by atoms with Gasteiger partial charge in [-0.1, -0.05) is 35.1 Å². The minimum atomic E-state index is -0.296. The Bertz CT molecular complexity index is 789. The van der Waals surface area contributed by atoms with E-state index in [9.17, 15) is 9.59 Å². The predicted octanol–water partition coefficient (Wildman–Crippen LogP) is 2.72. The number of nitriles is 1. The molecule has 1 aromatic heterocycles. The molecule has 1 amide bonds. The molecule has 5 nitrogen and oxygen atoms in total. The highest BCUT2D eigenvalue weighted by atomic mass is 35.5. The van der Waals surface area contributed by atoms with Crippen molar-refractivity contribution in [3.05, 3.63) is 55.1 Å². The van der Waals surface area contributed by atoms with E-state index in [1.807, 2.05) is 18.2 Å². The van der Waals surface area contributed by atoms with Crippen LogP contribution in [-0.2, 0) is 13.1 Å². The third-order valence-corrected chi connectivity index (χ3v) is 4.45. The molecule has 0 radical (unpaired) electrons. The van der Waals surface area contributed by atoms with Crippen LogP contribution in [0.5, 0.6) is 0 Å². The van der Waals surface area contributed by atoms with Crippen molar-refractivity contribution < 1.29 is 4.79 Å². The van der Waals surface area contributed by atoms with E-state index in [1.54, 1.807) is 19.1 Å². The van der Waals surface area contributed by atoms with Crippen molar-refractivity contribution in [1.29, 1.82) is 5.26 Å². The van der Waals surface area contributed by atoms with Crippen LogP contribution in [-0.4, -0.2) is 10.5 Å². The van der Waals surface area contributed by atoms with E-state index >= 15 is 0 Å². The minimum Gasteiger partial charge on any atom is -0.347 e. The van der Waals surface area contributed by atoms with Crippen molar-refractivity contribution in [1.82, 2.24) is 9.88 Å². The van der Waals surface area contributed by atoms with E-state index in [2.05, 4.69) is 5.32 Å². The van der Waals surface area contributed by atoms with E-state index in [4.69, 9.17) is 16.9 Å². The van der Waals surface area contributed by atoms with Gasteiger partial charge in [0.15, 0.2) is 0 Å². The first-order chi connectivity index (χ1) is 10.5. The van der Waals surface area contributed by atoms with Crippen LogP contribution < -0.4 is 10.2 Å². The fourth-order valence-electron chi connectivity index (χ4n) is 2.02. The maximum Gasteiger partial charge on any atom is 0.308 e. The molecule has 0 bridgehead atoms. The number of carbonyl (C=O) groups is 1.